The number of pyridine rings is 1. The number of fused-ring (bicyclic) bond motifs is 1. The van der Waals surface area contributed by atoms with Gasteiger partial charge in [0.2, 0.25) is 11.9 Å². The van der Waals surface area contributed by atoms with Gasteiger partial charge in [-0.25, -0.2) is 0 Å². The summed E-state index contributed by atoms with van der Waals surface area (Å²) in [5.74, 6) is 2.89. The lowest BCUT2D eigenvalue weighted by molar-refractivity contribution is 0.162. The second kappa shape index (κ2) is 6.34. The van der Waals surface area contributed by atoms with Gasteiger partial charge in [-0.1, -0.05) is 30.3 Å². The molecule has 2 fully saturated rings. The van der Waals surface area contributed by atoms with Crippen molar-refractivity contribution in [2.45, 2.75) is 6.04 Å². The van der Waals surface area contributed by atoms with Gasteiger partial charge in [-0.2, -0.15) is 15.0 Å². The molecule has 1 aliphatic carbocycles. The number of benzene rings is 1. The summed E-state index contributed by atoms with van der Waals surface area (Å²) in [6.07, 6.45) is 3.46. The van der Waals surface area contributed by atoms with E-state index in [1.807, 2.05) is 42.5 Å². The van der Waals surface area contributed by atoms with Crippen molar-refractivity contribution in [3.63, 3.8) is 0 Å². The lowest BCUT2D eigenvalue weighted by atomic mass is 10.2. The van der Waals surface area contributed by atoms with E-state index in [4.69, 9.17) is 4.74 Å². The summed E-state index contributed by atoms with van der Waals surface area (Å²) < 4.78 is 5.46. The summed E-state index contributed by atoms with van der Waals surface area (Å²) in [5.41, 5.74) is 1.84. The van der Waals surface area contributed by atoms with Crippen LogP contribution in [0.3, 0.4) is 0 Å². The quantitative estimate of drug-likeness (QED) is 0.735. The number of anilines is 3. The summed E-state index contributed by atoms with van der Waals surface area (Å²) >= 11 is 0. The summed E-state index contributed by atoms with van der Waals surface area (Å²) in [4.78, 5) is 17.8. The van der Waals surface area contributed by atoms with Crippen molar-refractivity contribution in [3.8, 4) is 11.4 Å². The van der Waals surface area contributed by atoms with Crippen LogP contribution < -0.4 is 10.6 Å². The van der Waals surface area contributed by atoms with Gasteiger partial charge in [0.05, 0.1) is 13.2 Å². The molecule has 7 nitrogen and oxygen atoms in total. The van der Waals surface area contributed by atoms with E-state index in [0.717, 1.165) is 24.5 Å². The molecular weight excluding hydrogens is 328 g/mol. The first-order chi connectivity index (χ1) is 12.9. The minimum absolute atomic E-state index is 0.392. The normalized spacial score (nSPS) is 23.3. The Morgan fingerprint density at radius 2 is 1.58 bits per heavy atom. The van der Waals surface area contributed by atoms with Crippen LogP contribution in [0.4, 0.5) is 17.6 Å². The van der Waals surface area contributed by atoms with Crippen molar-refractivity contribution in [1.29, 1.82) is 0 Å². The average molecular weight is 346 g/mol. The lowest BCUT2D eigenvalue weighted by Gasteiger charge is -2.11. The molecule has 0 bridgehead atoms. The van der Waals surface area contributed by atoms with Gasteiger partial charge in [0.25, 0.3) is 0 Å². The molecule has 1 saturated carbocycles. The molecule has 26 heavy (non-hydrogen) atoms. The maximum absolute atomic E-state index is 5.46. The van der Waals surface area contributed by atoms with Crippen LogP contribution in [0.1, 0.15) is 0 Å². The maximum atomic E-state index is 5.46. The van der Waals surface area contributed by atoms with Crippen LogP contribution in [-0.4, -0.2) is 39.2 Å². The van der Waals surface area contributed by atoms with E-state index in [2.05, 4.69) is 30.6 Å². The predicted molar refractivity (Wildman–Crippen MR) is 98.0 cm³/mol. The lowest BCUT2D eigenvalue weighted by Crippen LogP contribution is -2.16. The Balaban J connectivity index is 1.46. The van der Waals surface area contributed by atoms with Crippen LogP contribution in [0.15, 0.2) is 54.9 Å². The van der Waals surface area contributed by atoms with Crippen LogP contribution >= 0.6 is 0 Å². The highest BCUT2D eigenvalue weighted by molar-refractivity contribution is 5.60. The molecule has 1 aromatic carbocycles. The molecule has 0 radical (unpaired) electrons. The fraction of sp³-hybridized carbons (Fsp3) is 0.263. The molecule has 1 saturated heterocycles. The Kier molecular flexibility index (Phi) is 3.71. The molecule has 2 N–H and O–H groups in total. The largest absolute Gasteiger partial charge is 0.381 e. The molecule has 2 unspecified atom stereocenters. The fourth-order valence-electron chi connectivity index (χ4n) is 3.38. The molecule has 7 heteroatoms. The number of ether oxygens (including phenoxy) is 1. The van der Waals surface area contributed by atoms with E-state index in [0.29, 0.717) is 35.6 Å². The third kappa shape index (κ3) is 2.97. The molecule has 3 heterocycles. The molecule has 3 aromatic rings. The first-order valence-corrected chi connectivity index (χ1v) is 8.70. The first-order valence-electron chi connectivity index (χ1n) is 8.70. The maximum Gasteiger partial charge on any atom is 0.232 e. The van der Waals surface area contributed by atoms with Gasteiger partial charge < -0.3 is 15.4 Å². The van der Waals surface area contributed by atoms with Gasteiger partial charge in [-0.05, 0) is 12.1 Å². The SMILES string of the molecule is c1ccc(-c2nc(Nc3ccncc3)nc(NC3C4COCC43)n2)cc1. The van der Waals surface area contributed by atoms with Gasteiger partial charge in [-0.15, -0.1) is 0 Å². The van der Waals surface area contributed by atoms with Crippen LogP contribution in [0.25, 0.3) is 11.4 Å². The van der Waals surface area contributed by atoms with Crippen LogP contribution in [0.5, 0.6) is 0 Å². The number of nitrogens with one attached hydrogen (secondary N) is 2. The van der Waals surface area contributed by atoms with E-state index < -0.39 is 0 Å². The highest BCUT2D eigenvalue weighted by Gasteiger charge is 2.54. The number of hydrogen-bond acceptors (Lipinski definition) is 7. The molecule has 0 amide bonds. The predicted octanol–water partition coefficient (Wildman–Crippen LogP) is 2.73. The highest BCUT2D eigenvalue weighted by Crippen LogP contribution is 2.45. The summed E-state index contributed by atoms with van der Waals surface area (Å²) in [6.45, 7) is 1.64. The molecular formula is C19H18N6O. The Morgan fingerprint density at radius 3 is 2.35 bits per heavy atom. The van der Waals surface area contributed by atoms with Gasteiger partial charge in [-0.3, -0.25) is 4.98 Å². The molecule has 130 valence electrons. The van der Waals surface area contributed by atoms with Crippen molar-refractivity contribution in [2.24, 2.45) is 11.8 Å². The van der Waals surface area contributed by atoms with Gasteiger partial charge in [0.1, 0.15) is 0 Å². The minimum Gasteiger partial charge on any atom is -0.381 e. The van der Waals surface area contributed by atoms with Crippen molar-refractivity contribution in [1.82, 2.24) is 19.9 Å². The topological polar surface area (TPSA) is 84.9 Å². The third-order valence-corrected chi connectivity index (χ3v) is 4.85. The molecule has 2 aliphatic rings. The number of aromatic nitrogens is 4. The minimum atomic E-state index is 0.392. The number of rotatable bonds is 5. The Bertz CT molecular complexity index is 894. The third-order valence-electron chi connectivity index (χ3n) is 4.85. The van der Waals surface area contributed by atoms with Crippen LogP contribution in [0, 0.1) is 11.8 Å². The fourth-order valence-corrected chi connectivity index (χ4v) is 3.38. The average Bonchev–Trinajstić information content (AvgIpc) is 3.10. The van der Waals surface area contributed by atoms with Crippen molar-refractivity contribution in [3.05, 3.63) is 54.9 Å². The Morgan fingerprint density at radius 1 is 0.846 bits per heavy atom. The summed E-state index contributed by atoms with van der Waals surface area (Å²) in [5, 5.41) is 6.69. The summed E-state index contributed by atoms with van der Waals surface area (Å²) in [6, 6.07) is 14.1. The van der Waals surface area contributed by atoms with Crippen molar-refractivity contribution < 1.29 is 4.74 Å². The van der Waals surface area contributed by atoms with Gasteiger partial charge in [0.15, 0.2) is 5.82 Å². The van der Waals surface area contributed by atoms with Crippen LogP contribution in [-0.2, 0) is 4.74 Å². The molecule has 1 aliphatic heterocycles. The second-order valence-corrected chi connectivity index (χ2v) is 6.57. The van der Waals surface area contributed by atoms with Crippen molar-refractivity contribution >= 4 is 17.6 Å². The van der Waals surface area contributed by atoms with Gasteiger partial charge >= 0.3 is 0 Å². The Labute approximate surface area is 150 Å². The molecule has 2 atom stereocenters. The monoisotopic (exact) mass is 346 g/mol. The zero-order chi connectivity index (χ0) is 17.3. The smallest absolute Gasteiger partial charge is 0.232 e. The van der Waals surface area contributed by atoms with Gasteiger partial charge in [0, 0.05) is 41.5 Å². The molecule has 5 rings (SSSR count). The van der Waals surface area contributed by atoms with Crippen LogP contribution in [0.2, 0.25) is 0 Å². The van der Waals surface area contributed by atoms with E-state index >= 15 is 0 Å². The van der Waals surface area contributed by atoms with E-state index in [1.54, 1.807) is 12.4 Å². The Hall–Kier alpha value is -3.06. The van der Waals surface area contributed by atoms with E-state index in [1.165, 1.54) is 0 Å². The molecule has 2 aromatic heterocycles. The first kappa shape index (κ1) is 15.2. The van der Waals surface area contributed by atoms with Crippen molar-refractivity contribution in [2.75, 3.05) is 23.8 Å². The molecule has 0 spiro atoms. The summed E-state index contributed by atoms with van der Waals surface area (Å²) in [7, 11) is 0. The number of hydrogen-bond donors (Lipinski definition) is 2. The second-order valence-electron chi connectivity index (χ2n) is 6.57. The number of nitrogens with zero attached hydrogens (tertiary/aromatic N) is 4. The zero-order valence-corrected chi connectivity index (χ0v) is 14.0. The zero-order valence-electron chi connectivity index (χ0n) is 14.0. The highest BCUT2D eigenvalue weighted by atomic mass is 16.5. The standard InChI is InChI=1S/C19H18N6O/c1-2-4-12(5-3-1)17-23-18(21-13-6-8-20-9-7-13)25-19(24-17)22-16-14-10-26-11-15(14)16/h1-9,14-16H,10-11H2,(H2,20,21,22,23,24,25). The van der Waals surface area contributed by atoms with E-state index in [-0.39, 0.29) is 0 Å². The van der Waals surface area contributed by atoms with E-state index in [9.17, 15) is 0 Å².